The Kier molecular flexibility index (Phi) is 4.31. The minimum absolute atomic E-state index is 0.0100. The van der Waals surface area contributed by atoms with Gasteiger partial charge >= 0.3 is 0 Å². The normalized spacial score (nSPS) is 13.8. The summed E-state index contributed by atoms with van der Waals surface area (Å²) in [6, 6.07) is 5.87. The van der Waals surface area contributed by atoms with E-state index in [0.717, 1.165) is 39.8 Å². The van der Waals surface area contributed by atoms with Crippen LogP contribution >= 0.6 is 22.9 Å². The summed E-state index contributed by atoms with van der Waals surface area (Å²) in [6.45, 7) is 3.31. The maximum atomic E-state index is 12.8. The lowest BCUT2D eigenvalue weighted by molar-refractivity contribution is 0.0734. The molecule has 4 rings (SSSR count). The van der Waals surface area contributed by atoms with Crippen molar-refractivity contribution in [2.24, 2.45) is 0 Å². The summed E-state index contributed by atoms with van der Waals surface area (Å²) < 4.78 is 1.67. The summed E-state index contributed by atoms with van der Waals surface area (Å²) in [4.78, 5) is 19.2. The average molecular weight is 373 g/mol. The van der Waals surface area contributed by atoms with Crippen LogP contribution in [0.2, 0.25) is 5.02 Å². The Morgan fingerprint density at radius 1 is 1.40 bits per heavy atom. The zero-order valence-corrected chi connectivity index (χ0v) is 15.3. The van der Waals surface area contributed by atoms with Gasteiger partial charge in [0.15, 0.2) is 0 Å². The van der Waals surface area contributed by atoms with Gasteiger partial charge in [-0.2, -0.15) is 5.10 Å². The summed E-state index contributed by atoms with van der Waals surface area (Å²) in [7, 11) is 0. The Hall–Kier alpha value is -2.18. The van der Waals surface area contributed by atoms with Crippen molar-refractivity contribution in [1.29, 1.82) is 0 Å². The molecule has 5 nitrogen and oxygen atoms in total. The van der Waals surface area contributed by atoms with Crippen LogP contribution in [0.1, 0.15) is 34.1 Å². The largest absolute Gasteiger partial charge is 0.334 e. The van der Waals surface area contributed by atoms with Gasteiger partial charge in [-0.15, -0.1) is 11.3 Å². The van der Waals surface area contributed by atoms with Gasteiger partial charge in [-0.05, 0) is 30.0 Å². The highest BCUT2D eigenvalue weighted by Crippen LogP contribution is 2.27. The highest BCUT2D eigenvalue weighted by Gasteiger charge is 2.24. The molecule has 128 valence electrons. The first kappa shape index (κ1) is 16.3. The highest BCUT2D eigenvalue weighted by atomic mass is 35.5. The molecule has 3 heterocycles. The van der Waals surface area contributed by atoms with Crippen LogP contribution in [0.25, 0.3) is 5.13 Å². The van der Waals surface area contributed by atoms with Crippen molar-refractivity contribution in [3.63, 3.8) is 0 Å². The van der Waals surface area contributed by atoms with Crippen LogP contribution in [-0.4, -0.2) is 32.1 Å². The van der Waals surface area contributed by atoms with Crippen molar-refractivity contribution in [3.05, 3.63) is 63.4 Å². The number of nitrogens with zero attached hydrogens (tertiary/aromatic N) is 4. The first-order valence-electron chi connectivity index (χ1n) is 8.20. The molecule has 0 N–H and O–H groups in total. The molecule has 25 heavy (non-hydrogen) atoms. The number of hydrogen-bond donors (Lipinski definition) is 0. The van der Waals surface area contributed by atoms with Crippen molar-refractivity contribution in [3.8, 4) is 5.13 Å². The molecular weight excluding hydrogens is 356 g/mol. The van der Waals surface area contributed by atoms with Crippen LogP contribution in [0, 0.1) is 0 Å². The third-order valence-corrected chi connectivity index (χ3v) is 5.66. The molecule has 0 aliphatic carbocycles. The first-order chi connectivity index (χ1) is 12.2. The van der Waals surface area contributed by atoms with Gasteiger partial charge in [0.2, 0.25) is 5.13 Å². The second-order valence-electron chi connectivity index (χ2n) is 6.00. The molecule has 1 aromatic carbocycles. The number of halogens is 1. The second kappa shape index (κ2) is 6.61. The smallest absolute Gasteiger partial charge is 0.257 e. The van der Waals surface area contributed by atoms with Gasteiger partial charge in [0, 0.05) is 29.7 Å². The first-order valence-corrected chi connectivity index (χ1v) is 9.46. The average Bonchev–Trinajstić information content (AvgIpc) is 3.30. The Bertz CT molecular complexity index is 933. The molecule has 0 unspecified atom stereocenters. The quantitative estimate of drug-likeness (QED) is 0.703. The van der Waals surface area contributed by atoms with E-state index < -0.39 is 0 Å². The van der Waals surface area contributed by atoms with E-state index in [1.54, 1.807) is 17.1 Å². The van der Waals surface area contributed by atoms with Gasteiger partial charge in [0.1, 0.15) is 0 Å². The summed E-state index contributed by atoms with van der Waals surface area (Å²) >= 11 is 7.78. The fourth-order valence-electron chi connectivity index (χ4n) is 3.02. The lowest BCUT2D eigenvalue weighted by Gasteiger charge is -2.29. The minimum atomic E-state index is -0.0100. The molecular formula is C18H17ClN4OS. The SMILES string of the molecule is CCc1csc(-n2cc(C(=O)N3CCc4c(Cl)cccc4C3)cn2)n1. The highest BCUT2D eigenvalue weighted by molar-refractivity contribution is 7.12. The van der Waals surface area contributed by atoms with Gasteiger partial charge in [0.05, 0.1) is 17.5 Å². The zero-order chi connectivity index (χ0) is 17.4. The van der Waals surface area contributed by atoms with Gasteiger partial charge in [-0.1, -0.05) is 30.7 Å². The molecule has 1 aliphatic rings. The fourth-order valence-corrected chi connectivity index (χ4v) is 4.15. The van der Waals surface area contributed by atoms with Gasteiger partial charge in [-0.25, -0.2) is 9.67 Å². The Labute approximate surface area is 154 Å². The van der Waals surface area contributed by atoms with Crippen LogP contribution in [-0.2, 0) is 19.4 Å². The maximum absolute atomic E-state index is 12.8. The van der Waals surface area contributed by atoms with Crippen LogP contribution in [0.4, 0.5) is 0 Å². The molecule has 0 atom stereocenters. The maximum Gasteiger partial charge on any atom is 0.257 e. The van der Waals surface area contributed by atoms with Gasteiger partial charge in [-0.3, -0.25) is 4.79 Å². The molecule has 3 aromatic rings. The number of thiazole rings is 1. The van der Waals surface area contributed by atoms with Gasteiger partial charge in [0.25, 0.3) is 5.91 Å². The Morgan fingerprint density at radius 2 is 2.28 bits per heavy atom. The molecule has 0 bridgehead atoms. The summed E-state index contributed by atoms with van der Waals surface area (Å²) in [6.07, 6.45) is 5.04. The number of hydrogen-bond acceptors (Lipinski definition) is 4. The number of amides is 1. The van der Waals surface area contributed by atoms with Crippen molar-refractivity contribution in [2.45, 2.75) is 26.3 Å². The van der Waals surface area contributed by atoms with E-state index >= 15 is 0 Å². The van der Waals surface area contributed by atoms with Crippen molar-refractivity contribution in [2.75, 3.05) is 6.54 Å². The molecule has 1 amide bonds. The van der Waals surface area contributed by atoms with E-state index in [-0.39, 0.29) is 5.91 Å². The molecule has 0 saturated carbocycles. The molecule has 0 saturated heterocycles. The third-order valence-electron chi connectivity index (χ3n) is 4.42. The molecule has 0 fully saturated rings. The number of benzene rings is 1. The number of fused-ring (bicyclic) bond motifs is 1. The van der Waals surface area contributed by atoms with Crippen LogP contribution in [0.3, 0.4) is 0 Å². The van der Waals surface area contributed by atoms with E-state index in [0.29, 0.717) is 18.7 Å². The molecule has 2 aromatic heterocycles. The summed E-state index contributed by atoms with van der Waals surface area (Å²) in [5.74, 6) is -0.0100. The Morgan fingerprint density at radius 3 is 3.08 bits per heavy atom. The van der Waals surface area contributed by atoms with Crippen molar-refractivity contribution < 1.29 is 4.79 Å². The number of rotatable bonds is 3. The van der Waals surface area contributed by atoms with Crippen LogP contribution < -0.4 is 0 Å². The predicted molar refractivity (Wildman–Crippen MR) is 98.5 cm³/mol. The molecule has 0 radical (unpaired) electrons. The van der Waals surface area contributed by atoms with E-state index in [4.69, 9.17) is 11.6 Å². The zero-order valence-electron chi connectivity index (χ0n) is 13.8. The lowest BCUT2D eigenvalue weighted by atomic mass is 9.99. The topological polar surface area (TPSA) is 51.0 Å². The monoisotopic (exact) mass is 372 g/mol. The molecule has 7 heteroatoms. The van der Waals surface area contributed by atoms with E-state index in [2.05, 4.69) is 17.0 Å². The van der Waals surface area contributed by atoms with Gasteiger partial charge < -0.3 is 4.90 Å². The van der Waals surface area contributed by atoms with Crippen LogP contribution in [0.15, 0.2) is 36.0 Å². The summed E-state index contributed by atoms with van der Waals surface area (Å²) in [5, 5.41) is 7.89. The number of carbonyl (C=O) groups excluding carboxylic acids is 1. The molecule has 1 aliphatic heterocycles. The van der Waals surface area contributed by atoms with E-state index in [1.807, 2.05) is 28.5 Å². The standard InChI is InChI=1S/C18H17ClN4OS/c1-2-14-11-25-18(21-14)23-10-13(8-20-23)17(24)22-7-6-15-12(9-22)4-3-5-16(15)19/h3-5,8,10-11H,2,6-7,9H2,1H3. The molecule has 0 spiro atoms. The fraction of sp³-hybridized carbons (Fsp3) is 0.278. The predicted octanol–water partition coefficient (Wildman–Crippen LogP) is 3.74. The second-order valence-corrected chi connectivity index (χ2v) is 7.25. The van der Waals surface area contributed by atoms with E-state index in [1.165, 1.54) is 11.3 Å². The summed E-state index contributed by atoms with van der Waals surface area (Å²) in [5.41, 5.74) is 3.89. The van der Waals surface area contributed by atoms with E-state index in [9.17, 15) is 4.79 Å². The van der Waals surface area contributed by atoms with Crippen molar-refractivity contribution in [1.82, 2.24) is 19.7 Å². The van der Waals surface area contributed by atoms with Crippen LogP contribution in [0.5, 0.6) is 0 Å². The minimum Gasteiger partial charge on any atom is -0.334 e. The Balaban J connectivity index is 1.54. The number of aromatic nitrogens is 3. The lowest BCUT2D eigenvalue weighted by Crippen LogP contribution is -2.35. The van der Waals surface area contributed by atoms with Crippen molar-refractivity contribution >= 4 is 28.8 Å². The number of aryl methyl sites for hydroxylation is 1. The third kappa shape index (κ3) is 3.07. The number of carbonyl (C=O) groups is 1.